The fourth-order valence-corrected chi connectivity index (χ4v) is 5.52. The van der Waals surface area contributed by atoms with E-state index in [0.717, 1.165) is 5.69 Å². The van der Waals surface area contributed by atoms with Gasteiger partial charge in [-0.3, -0.25) is 19.0 Å². The minimum atomic E-state index is -0.622. The molecule has 1 N–H and O–H groups in total. The van der Waals surface area contributed by atoms with Gasteiger partial charge < -0.3 is 5.32 Å². The van der Waals surface area contributed by atoms with E-state index >= 15 is 0 Å². The SMILES string of the molecule is Cc1nc2cccc(NCc3ccccc3C3CCCC3)c2c(=O)n1C1CCC(=O)CC1=O. The van der Waals surface area contributed by atoms with Crippen LogP contribution in [-0.4, -0.2) is 21.1 Å². The maximum absolute atomic E-state index is 13.6. The van der Waals surface area contributed by atoms with Gasteiger partial charge in [-0.2, -0.15) is 0 Å². The molecule has 0 saturated heterocycles. The Morgan fingerprint density at radius 1 is 1.00 bits per heavy atom. The fourth-order valence-electron chi connectivity index (χ4n) is 5.52. The monoisotopic (exact) mass is 443 g/mol. The van der Waals surface area contributed by atoms with Crippen LogP contribution in [0.1, 0.15) is 73.9 Å². The van der Waals surface area contributed by atoms with Gasteiger partial charge >= 0.3 is 0 Å². The molecule has 1 heterocycles. The van der Waals surface area contributed by atoms with Crippen molar-refractivity contribution in [2.24, 2.45) is 0 Å². The third-order valence-corrected chi connectivity index (χ3v) is 7.18. The fraction of sp³-hybridized carbons (Fsp3) is 0.407. The number of nitrogens with one attached hydrogen (secondary N) is 1. The summed E-state index contributed by atoms with van der Waals surface area (Å²) in [4.78, 5) is 42.6. The van der Waals surface area contributed by atoms with Crippen LogP contribution in [0.2, 0.25) is 0 Å². The number of hydrogen-bond acceptors (Lipinski definition) is 5. The number of carbonyl (C=O) groups excluding carboxylic acids is 2. The Labute approximate surface area is 193 Å². The van der Waals surface area contributed by atoms with Gasteiger partial charge in [0.05, 0.1) is 23.4 Å². The quantitative estimate of drug-likeness (QED) is 0.571. The zero-order valence-corrected chi connectivity index (χ0v) is 19.0. The van der Waals surface area contributed by atoms with E-state index in [2.05, 4.69) is 34.6 Å². The van der Waals surface area contributed by atoms with Gasteiger partial charge in [-0.1, -0.05) is 43.2 Å². The highest BCUT2D eigenvalue weighted by Crippen LogP contribution is 2.36. The van der Waals surface area contributed by atoms with E-state index in [1.54, 1.807) is 6.92 Å². The van der Waals surface area contributed by atoms with Crippen LogP contribution in [0, 0.1) is 6.92 Å². The summed E-state index contributed by atoms with van der Waals surface area (Å²) in [5.41, 5.74) is 3.76. The van der Waals surface area contributed by atoms with Crippen molar-refractivity contribution in [2.75, 3.05) is 5.32 Å². The molecule has 2 saturated carbocycles. The Hall–Kier alpha value is -3.28. The minimum absolute atomic E-state index is 0.0565. The van der Waals surface area contributed by atoms with Gasteiger partial charge in [-0.25, -0.2) is 4.98 Å². The first-order valence-electron chi connectivity index (χ1n) is 11.9. The van der Waals surface area contributed by atoms with Crippen LogP contribution in [0.25, 0.3) is 10.9 Å². The Kier molecular flexibility index (Phi) is 5.83. The highest BCUT2D eigenvalue weighted by atomic mass is 16.2. The molecule has 0 radical (unpaired) electrons. The first-order chi connectivity index (χ1) is 16.0. The largest absolute Gasteiger partial charge is 0.380 e. The predicted octanol–water partition coefficient (Wildman–Crippen LogP) is 4.84. The van der Waals surface area contributed by atoms with Gasteiger partial charge in [0.15, 0.2) is 5.78 Å². The Morgan fingerprint density at radius 3 is 2.58 bits per heavy atom. The summed E-state index contributed by atoms with van der Waals surface area (Å²) >= 11 is 0. The van der Waals surface area contributed by atoms with Crippen molar-refractivity contribution in [3.8, 4) is 0 Å². The molecule has 33 heavy (non-hydrogen) atoms. The Balaban J connectivity index is 1.51. The first kappa shape index (κ1) is 21.6. The summed E-state index contributed by atoms with van der Waals surface area (Å²) in [7, 11) is 0. The maximum Gasteiger partial charge on any atom is 0.264 e. The lowest BCUT2D eigenvalue weighted by Gasteiger charge is -2.24. The van der Waals surface area contributed by atoms with Gasteiger partial charge in [-0.05, 0) is 55.4 Å². The Morgan fingerprint density at radius 2 is 1.79 bits per heavy atom. The van der Waals surface area contributed by atoms with Crippen LogP contribution >= 0.6 is 0 Å². The molecule has 1 unspecified atom stereocenters. The van der Waals surface area contributed by atoms with Crippen LogP contribution < -0.4 is 10.9 Å². The molecule has 1 atom stereocenters. The normalized spacial score (nSPS) is 19.4. The summed E-state index contributed by atoms with van der Waals surface area (Å²) in [5, 5.41) is 3.98. The lowest BCUT2D eigenvalue weighted by Crippen LogP contribution is -2.36. The van der Waals surface area contributed by atoms with Gasteiger partial charge in [-0.15, -0.1) is 0 Å². The minimum Gasteiger partial charge on any atom is -0.380 e. The summed E-state index contributed by atoms with van der Waals surface area (Å²) in [5.74, 6) is 0.855. The predicted molar refractivity (Wildman–Crippen MR) is 129 cm³/mol. The molecule has 0 spiro atoms. The molecule has 6 nitrogen and oxygen atoms in total. The van der Waals surface area contributed by atoms with E-state index in [0.29, 0.717) is 42.0 Å². The van der Waals surface area contributed by atoms with E-state index < -0.39 is 6.04 Å². The molecule has 2 fully saturated rings. The van der Waals surface area contributed by atoms with Crippen LogP contribution in [0.3, 0.4) is 0 Å². The number of benzene rings is 2. The number of carbonyl (C=O) groups is 2. The highest BCUT2D eigenvalue weighted by molar-refractivity contribution is 6.03. The number of ketones is 2. The zero-order valence-electron chi connectivity index (χ0n) is 19.0. The molecule has 2 aliphatic rings. The standard InChI is InChI=1S/C27H29N3O3/c1-17-29-23-12-6-11-22(26(23)27(33)30(17)24-14-13-20(31)15-25(24)32)28-16-19-9-4-5-10-21(19)18-7-2-3-8-18/h4-6,9-12,18,24,28H,2-3,7-8,13-16H2,1H3. The maximum atomic E-state index is 13.6. The molecule has 2 aliphatic carbocycles. The average molecular weight is 444 g/mol. The number of hydrogen-bond donors (Lipinski definition) is 1. The van der Waals surface area contributed by atoms with Crippen molar-refractivity contribution in [3.63, 3.8) is 0 Å². The van der Waals surface area contributed by atoms with Crippen molar-refractivity contribution in [3.05, 3.63) is 69.8 Å². The summed E-state index contributed by atoms with van der Waals surface area (Å²) in [6.45, 7) is 2.37. The second-order valence-electron chi connectivity index (χ2n) is 9.30. The number of aromatic nitrogens is 2. The van der Waals surface area contributed by atoms with E-state index in [1.165, 1.54) is 41.4 Å². The van der Waals surface area contributed by atoms with Crippen molar-refractivity contribution < 1.29 is 9.59 Å². The molecule has 0 aliphatic heterocycles. The molecule has 2 aromatic carbocycles. The summed E-state index contributed by atoms with van der Waals surface area (Å²) < 4.78 is 1.49. The molecular formula is C27H29N3O3. The third-order valence-electron chi connectivity index (χ3n) is 7.18. The molecule has 5 rings (SSSR count). The molecule has 6 heteroatoms. The van der Waals surface area contributed by atoms with Crippen molar-refractivity contribution >= 4 is 28.2 Å². The summed E-state index contributed by atoms with van der Waals surface area (Å²) in [6, 6.07) is 13.6. The lowest BCUT2D eigenvalue weighted by molar-refractivity contribution is -0.132. The third kappa shape index (κ3) is 4.10. The average Bonchev–Trinajstić information content (AvgIpc) is 3.34. The molecule has 0 bridgehead atoms. The number of rotatable bonds is 5. The van der Waals surface area contributed by atoms with Crippen LogP contribution in [0.5, 0.6) is 0 Å². The molecule has 1 aromatic heterocycles. The smallest absolute Gasteiger partial charge is 0.264 e. The number of fused-ring (bicyclic) bond motifs is 1. The van der Waals surface area contributed by atoms with E-state index in [1.807, 2.05) is 18.2 Å². The van der Waals surface area contributed by atoms with E-state index in [-0.39, 0.29) is 23.5 Å². The van der Waals surface area contributed by atoms with Crippen LogP contribution in [0.15, 0.2) is 47.3 Å². The van der Waals surface area contributed by atoms with Crippen LogP contribution in [-0.2, 0) is 16.1 Å². The molecule has 0 amide bonds. The van der Waals surface area contributed by atoms with E-state index in [9.17, 15) is 14.4 Å². The van der Waals surface area contributed by atoms with Gasteiger partial charge in [0, 0.05) is 18.7 Å². The number of Topliss-reactive ketones (excluding diaryl/α,β-unsaturated/α-hetero) is 2. The molecule has 170 valence electrons. The number of anilines is 1. The van der Waals surface area contributed by atoms with Gasteiger partial charge in [0.2, 0.25) is 0 Å². The Bertz CT molecular complexity index is 1290. The lowest BCUT2D eigenvalue weighted by atomic mass is 9.92. The number of aryl methyl sites for hydroxylation is 1. The second kappa shape index (κ2) is 8.93. The summed E-state index contributed by atoms with van der Waals surface area (Å²) in [6.07, 6.45) is 5.60. The van der Waals surface area contributed by atoms with Gasteiger partial charge in [0.1, 0.15) is 11.6 Å². The number of nitrogens with zero attached hydrogens (tertiary/aromatic N) is 2. The second-order valence-corrected chi connectivity index (χ2v) is 9.30. The van der Waals surface area contributed by atoms with E-state index in [4.69, 9.17) is 0 Å². The van der Waals surface area contributed by atoms with Gasteiger partial charge in [0.25, 0.3) is 5.56 Å². The first-order valence-corrected chi connectivity index (χ1v) is 11.9. The molecule has 3 aromatic rings. The zero-order chi connectivity index (χ0) is 22.9. The van der Waals surface area contributed by atoms with Crippen LogP contribution in [0.4, 0.5) is 5.69 Å². The topological polar surface area (TPSA) is 81.1 Å². The van der Waals surface area contributed by atoms with Crippen molar-refractivity contribution in [1.82, 2.24) is 9.55 Å². The van der Waals surface area contributed by atoms with Crippen molar-refractivity contribution in [1.29, 1.82) is 0 Å². The molecular weight excluding hydrogens is 414 g/mol. The van der Waals surface area contributed by atoms with Crippen molar-refractivity contribution in [2.45, 2.75) is 70.4 Å². The highest BCUT2D eigenvalue weighted by Gasteiger charge is 2.31.